The minimum atomic E-state index is -5.36. The van der Waals surface area contributed by atoms with Crippen LogP contribution in [0.15, 0.2) is 0 Å². The molecule has 1 aliphatic rings. The van der Waals surface area contributed by atoms with Crippen LogP contribution in [0.3, 0.4) is 0 Å². The summed E-state index contributed by atoms with van der Waals surface area (Å²) in [4.78, 5) is 65.7. The van der Waals surface area contributed by atoms with E-state index in [9.17, 15) is 48.8 Å². The number of unbranched alkanes of at least 4 members (excludes halogenated alkanes) is 20. The third kappa shape index (κ3) is 27.7. The minimum Gasteiger partial charge on any atom is -0.462 e. The van der Waals surface area contributed by atoms with Crippen molar-refractivity contribution in [1.82, 2.24) is 0 Å². The van der Waals surface area contributed by atoms with Gasteiger partial charge in [-0.25, -0.2) is 9.13 Å². The van der Waals surface area contributed by atoms with Gasteiger partial charge >= 0.3 is 27.6 Å². The monoisotopic (exact) mass is 904 g/mol. The van der Waals surface area contributed by atoms with Crippen LogP contribution in [0.25, 0.3) is 0 Å². The average molecular weight is 905 g/mol. The van der Waals surface area contributed by atoms with Gasteiger partial charge in [-0.05, 0) is 25.7 Å². The zero-order valence-electron chi connectivity index (χ0n) is 36.2. The summed E-state index contributed by atoms with van der Waals surface area (Å²) in [6.45, 7) is 2.85. The van der Waals surface area contributed by atoms with Crippen LogP contribution in [0, 0.1) is 0 Å². The fourth-order valence-corrected chi connectivity index (χ4v) is 8.63. The second-order valence-corrected chi connectivity index (χ2v) is 18.7. The Labute approximate surface area is 357 Å². The summed E-state index contributed by atoms with van der Waals surface area (Å²) >= 11 is 0. The molecule has 0 aromatic carbocycles. The van der Waals surface area contributed by atoms with Gasteiger partial charge in [-0.2, -0.15) is 0 Å². The van der Waals surface area contributed by atoms with Crippen molar-refractivity contribution >= 4 is 33.4 Å². The summed E-state index contributed by atoms with van der Waals surface area (Å²) in [7, 11) is -10.7. The van der Waals surface area contributed by atoms with Crippen LogP contribution in [0.5, 0.6) is 0 Å². The van der Waals surface area contributed by atoms with Gasteiger partial charge < -0.3 is 44.6 Å². The minimum absolute atomic E-state index is 0.0375. The number of ketones is 1. The summed E-state index contributed by atoms with van der Waals surface area (Å²) in [6, 6.07) is 0. The van der Waals surface area contributed by atoms with E-state index in [1.165, 1.54) is 51.4 Å². The molecule has 0 bridgehead atoms. The lowest BCUT2D eigenvalue weighted by atomic mass is 9.85. The Balaban J connectivity index is 2.62. The number of carbonyl (C=O) groups excluding carboxylic acids is 3. The number of ether oxygens (including phenoxy) is 2. The molecule has 1 aliphatic carbocycles. The van der Waals surface area contributed by atoms with Crippen molar-refractivity contribution in [2.24, 2.45) is 0 Å². The van der Waals surface area contributed by atoms with Crippen molar-refractivity contribution in [3.05, 3.63) is 0 Å². The van der Waals surface area contributed by atoms with E-state index in [0.717, 1.165) is 83.5 Å². The molecule has 8 atom stereocenters. The molecule has 0 aromatic rings. The first-order valence-corrected chi connectivity index (χ1v) is 25.5. The van der Waals surface area contributed by atoms with Gasteiger partial charge in [0.05, 0.1) is 6.61 Å². The Bertz CT molecular complexity index is 1250. The second-order valence-electron chi connectivity index (χ2n) is 16.1. The average Bonchev–Trinajstić information content (AvgIpc) is 3.19. The van der Waals surface area contributed by atoms with Gasteiger partial charge in [0.1, 0.15) is 49.0 Å². The van der Waals surface area contributed by atoms with E-state index in [1.807, 2.05) is 6.92 Å². The Morgan fingerprint density at radius 1 is 0.483 bits per heavy atom. The number of hydrogen-bond acceptors (Lipinski definition) is 14. The normalized spacial score (nSPS) is 22.3. The second kappa shape index (κ2) is 33.2. The highest BCUT2D eigenvalue weighted by Gasteiger charge is 2.54. The summed E-state index contributed by atoms with van der Waals surface area (Å²) in [6.07, 6.45) is 10.6. The lowest BCUT2D eigenvalue weighted by Crippen LogP contribution is -2.64. The van der Waals surface area contributed by atoms with Crippen LogP contribution in [0.1, 0.15) is 187 Å². The molecule has 0 spiro atoms. The Hall–Kier alpha value is -1.33. The number of aliphatic hydroxyl groups excluding tert-OH is 4. The first kappa shape index (κ1) is 56.7. The molecule has 4 unspecified atom stereocenters. The Morgan fingerprint density at radius 2 is 0.900 bits per heavy atom. The van der Waals surface area contributed by atoms with Gasteiger partial charge in [0.15, 0.2) is 6.10 Å². The van der Waals surface area contributed by atoms with Gasteiger partial charge in [-0.1, -0.05) is 136 Å². The van der Waals surface area contributed by atoms with Crippen LogP contribution in [0.4, 0.5) is 0 Å². The van der Waals surface area contributed by atoms with Crippen molar-refractivity contribution in [3.8, 4) is 0 Å². The molecule has 0 saturated heterocycles. The van der Waals surface area contributed by atoms with E-state index in [-0.39, 0.29) is 12.8 Å². The maximum absolute atomic E-state index is 12.9. The number of esters is 2. The predicted octanol–water partition coefficient (Wildman–Crippen LogP) is 7.02. The van der Waals surface area contributed by atoms with E-state index < -0.39 is 83.5 Å². The zero-order valence-corrected chi connectivity index (χ0v) is 37.9. The summed E-state index contributed by atoms with van der Waals surface area (Å²) in [5.74, 6) is -0.902. The highest BCUT2D eigenvalue weighted by Crippen LogP contribution is 2.49. The molecule has 1 rings (SSSR count). The fourth-order valence-electron chi connectivity index (χ4n) is 7.09. The van der Waals surface area contributed by atoms with E-state index in [2.05, 4.69) is 11.4 Å². The molecule has 0 amide bonds. The smallest absolute Gasteiger partial charge is 0.462 e. The lowest BCUT2D eigenvalue weighted by Gasteiger charge is -2.43. The first-order chi connectivity index (χ1) is 28.5. The molecule has 354 valence electrons. The van der Waals surface area contributed by atoms with Gasteiger partial charge in [0.25, 0.3) is 0 Å². The molecule has 0 radical (unpaired) electrons. The van der Waals surface area contributed by atoms with Gasteiger partial charge in [-0.15, -0.1) is 0 Å². The lowest BCUT2D eigenvalue weighted by molar-refractivity contribution is -0.216. The molecule has 19 heteroatoms. The highest BCUT2D eigenvalue weighted by atomic mass is 31.2. The number of Topliss-reactive ketones (excluding diaryl/α,β-unsaturated/α-hetero) is 1. The predicted molar refractivity (Wildman–Crippen MR) is 223 cm³/mol. The van der Waals surface area contributed by atoms with E-state index >= 15 is 0 Å². The molecular formula is C41H78O17P2. The van der Waals surface area contributed by atoms with Crippen molar-refractivity contribution in [1.29, 1.82) is 0 Å². The largest absolute Gasteiger partial charge is 0.472 e. The van der Waals surface area contributed by atoms with Crippen LogP contribution in [0.2, 0.25) is 0 Å². The van der Waals surface area contributed by atoms with E-state index in [1.54, 1.807) is 0 Å². The highest BCUT2D eigenvalue weighted by molar-refractivity contribution is 7.47. The Morgan fingerprint density at radius 3 is 1.35 bits per heavy atom. The molecule has 0 aliphatic heterocycles. The molecular weight excluding hydrogens is 826 g/mol. The van der Waals surface area contributed by atoms with Crippen LogP contribution >= 0.6 is 15.6 Å². The number of hydrogen-bond donors (Lipinski definition) is 7. The summed E-state index contributed by atoms with van der Waals surface area (Å²) < 4.78 is 49.2. The number of phosphoric acid groups is 2. The molecule has 0 heterocycles. The first-order valence-electron chi connectivity index (χ1n) is 22.5. The van der Waals surface area contributed by atoms with Gasteiger partial charge in [0, 0.05) is 25.7 Å². The molecule has 0 aromatic heterocycles. The van der Waals surface area contributed by atoms with E-state index in [4.69, 9.17) is 28.3 Å². The number of aliphatic hydroxyl groups is 4. The maximum Gasteiger partial charge on any atom is 0.472 e. The van der Waals surface area contributed by atoms with E-state index in [0.29, 0.717) is 31.5 Å². The number of rotatable bonds is 38. The van der Waals surface area contributed by atoms with Crippen molar-refractivity contribution < 1.29 is 81.7 Å². The standard InChI is InChI=1S/C41H78O17P2/c1-3-5-6-7-8-9-10-11-12-15-19-22-25-29-35(44)56-33(30-54-34(43)28-24-21-18-16-13-14-17-20-23-27-32(42)26-4-2)31-55-60(52,53)58-41-38(47)36(45)37(46)40(39(41)48)57-59(49,50)51/h33,36-41,45-48H,3-31H2,1-2H3,(H,52,53)(H2,49,50,51)/t33-,36+,37?,38?,39-,40-,41?/m1/s1. The number of phosphoric ester groups is 2. The summed E-state index contributed by atoms with van der Waals surface area (Å²) in [5, 5.41) is 41.1. The third-order valence-electron chi connectivity index (χ3n) is 10.6. The van der Waals surface area contributed by atoms with Crippen LogP contribution in [-0.2, 0) is 46.6 Å². The molecule has 1 fully saturated rings. The van der Waals surface area contributed by atoms with Crippen LogP contribution in [-0.4, -0.2) is 109 Å². The molecule has 17 nitrogen and oxygen atoms in total. The number of carbonyl (C=O) groups is 3. The van der Waals surface area contributed by atoms with Crippen molar-refractivity contribution in [2.45, 2.75) is 230 Å². The van der Waals surface area contributed by atoms with Gasteiger partial charge in [-0.3, -0.25) is 28.0 Å². The van der Waals surface area contributed by atoms with Gasteiger partial charge in [0.2, 0.25) is 0 Å². The fraction of sp³-hybridized carbons (Fsp3) is 0.927. The topological polar surface area (TPSA) is 273 Å². The van der Waals surface area contributed by atoms with Crippen LogP contribution < -0.4 is 0 Å². The van der Waals surface area contributed by atoms with Crippen molar-refractivity contribution in [3.63, 3.8) is 0 Å². The molecule has 60 heavy (non-hydrogen) atoms. The maximum atomic E-state index is 12.9. The SMILES string of the molecule is CCCCCCCCCCCCCCCC(=O)O[C@H](COC(=O)CCCCCCCCCCCC(=O)CCC)COP(=O)(O)OC1C(O)[C@@H](O)C(O)[C@@H](OP(=O)(O)O)[C@H]1O. The third-order valence-corrected chi connectivity index (χ3v) is 12.1. The quantitative estimate of drug-likeness (QED) is 0.0186. The molecule has 1 saturated carbocycles. The zero-order chi connectivity index (χ0) is 44.8. The Kier molecular flexibility index (Phi) is 31.4. The van der Waals surface area contributed by atoms with Crippen molar-refractivity contribution in [2.75, 3.05) is 13.2 Å². The summed E-state index contributed by atoms with van der Waals surface area (Å²) in [5.41, 5.74) is 0. The molecule has 7 N–H and O–H groups in total.